The maximum atomic E-state index is 13.6. The zero-order valence-corrected chi connectivity index (χ0v) is 19.4. The van der Waals surface area contributed by atoms with Crippen LogP contribution in [0.4, 0.5) is 16.0 Å². The summed E-state index contributed by atoms with van der Waals surface area (Å²) in [6, 6.07) is 9.42. The van der Waals surface area contributed by atoms with E-state index in [0.29, 0.717) is 47.7 Å². The number of fused-ring (bicyclic) bond motifs is 1. The number of anilines is 2. The number of pyridine rings is 1. The van der Waals surface area contributed by atoms with Crippen molar-refractivity contribution in [2.24, 2.45) is 0 Å². The minimum Gasteiger partial charge on any atom is -0.296 e. The van der Waals surface area contributed by atoms with Gasteiger partial charge in [-0.1, -0.05) is 13.8 Å². The highest BCUT2D eigenvalue weighted by Crippen LogP contribution is 2.42. The lowest BCUT2D eigenvalue weighted by Crippen LogP contribution is -2.37. The molecule has 0 N–H and O–H groups in total. The molecular weight excluding hydrogens is 437 g/mol. The maximum absolute atomic E-state index is 13.6. The molecule has 0 saturated carbocycles. The molecule has 1 aliphatic heterocycles. The highest BCUT2D eigenvalue weighted by Gasteiger charge is 2.31. The number of aromatic nitrogens is 3. The van der Waals surface area contributed by atoms with Crippen LogP contribution < -0.4 is 9.80 Å². The van der Waals surface area contributed by atoms with Gasteiger partial charge in [0.1, 0.15) is 23.1 Å². The summed E-state index contributed by atoms with van der Waals surface area (Å²) in [4.78, 5) is 44.5. The highest BCUT2D eigenvalue weighted by molar-refractivity contribution is 6.13. The predicted octanol–water partition coefficient (Wildman–Crippen LogP) is 4.19. The minimum absolute atomic E-state index is 0.0337. The van der Waals surface area contributed by atoms with Crippen LogP contribution in [0, 0.1) is 5.82 Å². The lowest BCUT2D eigenvalue weighted by molar-refractivity contribution is -0.125. The van der Waals surface area contributed by atoms with Gasteiger partial charge in [0.25, 0.3) is 0 Å². The highest BCUT2D eigenvalue weighted by atomic mass is 19.1. The van der Waals surface area contributed by atoms with Crippen molar-refractivity contribution < 1.29 is 18.8 Å². The van der Waals surface area contributed by atoms with Crippen LogP contribution in [-0.4, -0.2) is 39.0 Å². The summed E-state index contributed by atoms with van der Waals surface area (Å²) in [5, 5.41) is 4.79. The van der Waals surface area contributed by atoms with E-state index in [2.05, 4.69) is 4.98 Å². The summed E-state index contributed by atoms with van der Waals surface area (Å²) in [6.07, 6.45) is 2.76. The number of carbonyl (C=O) groups excluding carboxylic acids is 3. The summed E-state index contributed by atoms with van der Waals surface area (Å²) in [7, 11) is 0. The van der Waals surface area contributed by atoms with Crippen LogP contribution in [0.2, 0.25) is 0 Å². The van der Waals surface area contributed by atoms with E-state index in [1.165, 1.54) is 25.3 Å². The number of aryl methyl sites for hydroxylation is 1. The van der Waals surface area contributed by atoms with Crippen molar-refractivity contribution in [3.8, 4) is 22.4 Å². The van der Waals surface area contributed by atoms with Gasteiger partial charge in [0, 0.05) is 44.6 Å². The van der Waals surface area contributed by atoms with Gasteiger partial charge in [0.15, 0.2) is 0 Å². The molecule has 4 rings (SSSR count). The van der Waals surface area contributed by atoms with Crippen molar-refractivity contribution in [2.45, 2.75) is 46.6 Å². The molecule has 0 radical (unpaired) electrons. The fourth-order valence-corrected chi connectivity index (χ4v) is 4.20. The summed E-state index contributed by atoms with van der Waals surface area (Å²) >= 11 is 0. The van der Waals surface area contributed by atoms with E-state index in [9.17, 15) is 18.8 Å². The first-order chi connectivity index (χ1) is 16.3. The van der Waals surface area contributed by atoms with E-state index < -0.39 is 5.91 Å². The number of hydrogen-bond donors (Lipinski definition) is 0. The summed E-state index contributed by atoms with van der Waals surface area (Å²) in [6.45, 7) is 5.99. The maximum Gasteiger partial charge on any atom is 0.234 e. The van der Waals surface area contributed by atoms with E-state index in [0.717, 1.165) is 11.3 Å². The van der Waals surface area contributed by atoms with E-state index in [1.807, 2.05) is 6.92 Å². The average molecular weight is 464 g/mol. The first kappa shape index (κ1) is 23.3. The molecule has 0 bridgehead atoms. The molecular formula is C25H26FN5O3. The van der Waals surface area contributed by atoms with E-state index in [4.69, 9.17) is 5.10 Å². The van der Waals surface area contributed by atoms with Gasteiger partial charge in [-0.15, -0.1) is 0 Å². The first-order valence-electron chi connectivity index (χ1n) is 11.3. The third kappa shape index (κ3) is 4.21. The molecule has 0 atom stereocenters. The SMILES string of the molecule is CCC(=O)N1CCCn2nc(-c3ccc(F)cc3)c(-c3ccnc(N(C(C)=O)C(=O)CC)c3)c21. The van der Waals surface area contributed by atoms with E-state index >= 15 is 0 Å². The van der Waals surface area contributed by atoms with Crippen molar-refractivity contribution in [1.82, 2.24) is 14.8 Å². The standard InChI is InChI=1S/C25H26FN5O3/c1-4-21(33)29-13-6-14-30-25(29)23(24(28-30)17-7-9-19(26)10-8-17)18-11-12-27-20(15-18)31(16(3)32)22(34)5-2/h7-12,15H,4-6,13-14H2,1-3H3. The summed E-state index contributed by atoms with van der Waals surface area (Å²) in [5.74, 6) is -0.352. The molecule has 3 aromatic rings. The van der Waals surface area contributed by atoms with Crippen molar-refractivity contribution in [3.05, 3.63) is 48.4 Å². The van der Waals surface area contributed by atoms with Gasteiger partial charge in [0.05, 0.1) is 5.56 Å². The number of hydrogen-bond acceptors (Lipinski definition) is 5. The number of imide groups is 1. The molecule has 0 fully saturated rings. The molecule has 176 valence electrons. The molecule has 3 amide bonds. The fourth-order valence-electron chi connectivity index (χ4n) is 4.20. The molecule has 0 spiro atoms. The third-order valence-corrected chi connectivity index (χ3v) is 5.78. The topological polar surface area (TPSA) is 88.4 Å². The number of rotatable bonds is 5. The van der Waals surface area contributed by atoms with Crippen molar-refractivity contribution in [3.63, 3.8) is 0 Å². The van der Waals surface area contributed by atoms with Crippen LogP contribution in [0.1, 0.15) is 40.0 Å². The van der Waals surface area contributed by atoms with Crippen LogP contribution in [0.5, 0.6) is 0 Å². The second-order valence-electron chi connectivity index (χ2n) is 8.03. The van der Waals surface area contributed by atoms with Crippen LogP contribution in [-0.2, 0) is 20.9 Å². The van der Waals surface area contributed by atoms with E-state index in [-0.39, 0.29) is 29.9 Å². The van der Waals surface area contributed by atoms with E-state index in [1.54, 1.807) is 40.8 Å². The Hall–Kier alpha value is -3.88. The Morgan fingerprint density at radius 1 is 1.03 bits per heavy atom. The zero-order valence-electron chi connectivity index (χ0n) is 19.4. The quantitative estimate of drug-likeness (QED) is 0.566. The number of halogens is 1. The third-order valence-electron chi connectivity index (χ3n) is 5.78. The second-order valence-corrected chi connectivity index (χ2v) is 8.03. The monoisotopic (exact) mass is 463 g/mol. The molecule has 9 heteroatoms. The van der Waals surface area contributed by atoms with Gasteiger partial charge < -0.3 is 0 Å². The molecule has 0 unspecified atom stereocenters. The molecule has 1 aliphatic rings. The summed E-state index contributed by atoms with van der Waals surface area (Å²) < 4.78 is 15.4. The Morgan fingerprint density at radius 3 is 2.41 bits per heavy atom. The minimum atomic E-state index is -0.435. The normalized spacial score (nSPS) is 12.9. The molecule has 8 nitrogen and oxygen atoms in total. The second kappa shape index (κ2) is 9.54. The summed E-state index contributed by atoms with van der Waals surface area (Å²) in [5.41, 5.74) is 2.59. The Morgan fingerprint density at radius 2 is 1.76 bits per heavy atom. The van der Waals surface area contributed by atoms with Gasteiger partial charge in [0.2, 0.25) is 17.7 Å². The van der Waals surface area contributed by atoms with Crippen LogP contribution in [0.3, 0.4) is 0 Å². The molecule has 2 aromatic heterocycles. The Labute approximate surface area is 197 Å². The van der Waals surface area contributed by atoms with Crippen molar-refractivity contribution in [2.75, 3.05) is 16.3 Å². The Kier molecular flexibility index (Phi) is 6.54. The van der Waals surface area contributed by atoms with Crippen LogP contribution in [0.25, 0.3) is 22.4 Å². The largest absolute Gasteiger partial charge is 0.296 e. The predicted molar refractivity (Wildman–Crippen MR) is 127 cm³/mol. The van der Waals surface area contributed by atoms with Crippen LogP contribution >= 0.6 is 0 Å². The fraction of sp³-hybridized carbons (Fsp3) is 0.320. The van der Waals surface area contributed by atoms with Crippen molar-refractivity contribution >= 4 is 29.4 Å². The lowest BCUT2D eigenvalue weighted by atomic mass is 10.00. The first-order valence-corrected chi connectivity index (χ1v) is 11.3. The van der Waals surface area contributed by atoms with Gasteiger partial charge in [-0.25, -0.2) is 19.0 Å². The van der Waals surface area contributed by atoms with Crippen LogP contribution in [0.15, 0.2) is 42.6 Å². The van der Waals surface area contributed by atoms with Gasteiger partial charge in [-0.3, -0.25) is 19.3 Å². The smallest absolute Gasteiger partial charge is 0.234 e. The molecule has 34 heavy (non-hydrogen) atoms. The number of nitrogens with zero attached hydrogens (tertiary/aromatic N) is 5. The van der Waals surface area contributed by atoms with Crippen molar-refractivity contribution in [1.29, 1.82) is 0 Å². The molecule has 0 aliphatic carbocycles. The number of benzene rings is 1. The molecule has 0 saturated heterocycles. The van der Waals surface area contributed by atoms with Gasteiger partial charge in [-0.05, 0) is 48.4 Å². The molecule has 3 heterocycles. The number of amides is 3. The molecule has 1 aromatic carbocycles. The zero-order chi connectivity index (χ0) is 24.4. The Balaban J connectivity index is 1.96. The van der Waals surface area contributed by atoms with Gasteiger partial charge in [-0.2, -0.15) is 5.10 Å². The average Bonchev–Trinajstić information content (AvgIpc) is 3.23. The number of carbonyl (C=O) groups is 3. The van der Waals surface area contributed by atoms with Gasteiger partial charge >= 0.3 is 0 Å². The lowest BCUT2D eigenvalue weighted by Gasteiger charge is -2.29. The Bertz CT molecular complexity index is 1250.